The first-order valence-electron chi connectivity index (χ1n) is 9.49. The number of aliphatic hydroxyl groups excluding tert-OH is 1. The summed E-state index contributed by atoms with van der Waals surface area (Å²) in [4.78, 5) is 4.80. The van der Waals surface area contributed by atoms with Gasteiger partial charge in [-0.05, 0) is 55.6 Å². The number of nitriles is 1. The average molecular weight is 430 g/mol. The van der Waals surface area contributed by atoms with E-state index in [9.17, 15) is 10.4 Å². The molecule has 0 spiro atoms. The first-order valence-corrected chi connectivity index (χ1v) is 9.49. The van der Waals surface area contributed by atoms with E-state index >= 15 is 0 Å². The number of para-hydroxylation sites is 1. The van der Waals surface area contributed by atoms with Crippen LogP contribution in [0.5, 0.6) is 0 Å². The maximum atomic E-state index is 11.1. The lowest BCUT2D eigenvalue weighted by molar-refractivity contribution is 0.115. The van der Waals surface area contributed by atoms with Crippen LogP contribution in [0.3, 0.4) is 0 Å². The molecule has 1 aliphatic heterocycles. The smallest absolute Gasteiger partial charge is 0.0994 e. The molecule has 1 saturated heterocycles. The molecule has 4 nitrogen and oxygen atoms in total. The number of nitrogens with zero attached hydrogens (tertiary/aromatic N) is 2. The maximum absolute atomic E-state index is 11.1. The van der Waals surface area contributed by atoms with Crippen LogP contribution >= 0.6 is 24.8 Å². The highest BCUT2D eigenvalue weighted by Gasteiger charge is 2.25. The molecule has 1 aliphatic rings. The molecule has 6 heteroatoms. The molecule has 4 rings (SSSR count). The van der Waals surface area contributed by atoms with Crippen LogP contribution in [0.15, 0.2) is 48.5 Å². The third-order valence-corrected chi connectivity index (χ3v) is 5.45. The Labute approximate surface area is 183 Å². The van der Waals surface area contributed by atoms with Crippen LogP contribution in [0.2, 0.25) is 0 Å². The van der Waals surface area contributed by atoms with Crippen molar-refractivity contribution in [2.24, 2.45) is 0 Å². The second-order valence-corrected chi connectivity index (χ2v) is 7.26. The van der Waals surface area contributed by atoms with E-state index in [1.807, 2.05) is 55.5 Å². The van der Waals surface area contributed by atoms with E-state index in [1.54, 1.807) is 0 Å². The normalized spacial score (nSPS) is 16.9. The zero-order chi connectivity index (χ0) is 18.8. The zero-order valence-corrected chi connectivity index (χ0v) is 17.9. The molecule has 2 atom stereocenters. The van der Waals surface area contributed by atoms with Gasteiger partial charge in [0.25, 0.3) is 0 Å². The second-order valence-electron chi connectivity index (χ2n) is 7.26. The van der Waals surface area contributed by atoms with Gasteiger partial charge in [0.05, 0.1) is 28.9 Å². The summed E-state index contributed by atoms with van der Waals surface area (Å²) in [5.74, 6) is 0. The van der Waals surface area contributed by atoms with Gasteiger partial charge in [0.1, 0.15) is 0 Å². The molecule has 0 unspecified atom stereocenters. The molecule has 2 aromatic carbocycles. The Hall–Kier alpha value is -2.16. The third-order valence-electron chi connectivity index (χ3n) is 5.45. The Bertz CT molecular complexity index is 1030. The fourth-order valence-corrected chi connectivity index (χ4v) is 3.86. The van der Waals surface area contributed by atoms with E-state index in [0.29, 0.717) is 5.56 Å². The van der Waals surface area contributed by atoms with Gasteiger partial charge in [0.15, 0.2) is 0 Å². The van der Waals surface area contributed by atoms with Crippen molar-refractivity contribution in [3.63, 3.8) is 0 Å². The molecule has 29 heavy (non-hydrogen) atoms. The van der Waals surface area contributed by atoms with Crippen molar-refractivity contribution in [3.05, 3.63) is 65.2 Å². The standard InChI is InChI=1S/C23H23N3O.2ClH/c1-15-9-10-16(12-17(15)14-24)22-13-19(18-6-2-3-7-20(18)26-22)23(27)21-8-4-5-11-25-21;;/h2-3,6-7,9-10,12-13,21,23,25,27H,4-5,8,11H2,1H3;2*1H/t21-,23+;;/m0../s1. The minimum absolute atomic E-state index is 0. The molecule has 0 saturated carbocycles. The van der Waals surface area contributed by atoms with Gasteiger partial charge in [-0.3, -0.25) is 0 Å². The van der Waals surface area contributed by atoms with Crippen LogP contribution in [0.1, 0.15) is 42.1 Å². The maximum Gasteiger partial charge on any atom is 0.0994 e. The van der Waals surface area contributed by atoms with Crippen LogP contribution in [0.25, 0.3) is 22.2 Å². The van der Waals surface area contributed by atoms with E-state index in [4.69, 9.17) is 4.98 Å². The van der Waals surface area contributed by atoms with Crippen molar-refractivity contribution in [3.8, 4) is 17.3 Å². The highest BCUT2D eigenvalue weighted by Crippen LogP contribution is 2.32. The number of aliphatic hydroxyl groups is 1. The number of fused-ring (bicyclic) bond motifs is 1. The Morgan fingerprint density at radius 1 is 1.14 bits per heavy atom. The van der Waals surface area contributed by atoms with E-state index in [-0.39, 0.29) is 30.9 Å². The van der Waals surface area contributed by atoms with E-state index in [0.717, 1.165) is 59.1 Å². The molecule has 0 radical (unpaired) electrons. The minimum Gasteiger partial charge on any atom is -0.387 e. The van der Waals surface area contributed by atoms with Gasteiger partial charge in [0.2, 0.25) is 0 Å². The summed E-state index contributed by atoms with van der Waals surface area (Å²) < 4.78 is 0. The number of aryl methyl sites for hydroxylation is 1. The van der Waals surface area contributed by atoms with Crippen LogP contribution < -0.4 is 5.32 Å². The largest absolute Gasteiger partial charge is 0.387 e. The predicted molar refractivity (Wildman–Crippen MR) is 122 cm³/mol. The number of piperidine rings is 1. The lowest BCUT2D eigenvalue weighted by Gasteiger charge is -2.29. The van der Waals surface area contributed by atoms with Gasteiger partial charge in [-0.2, -0.15) is 5.26 Å². The lowest BCUT2D eigenvalue weighted by Crippen LogP contribution is -2.38. The highest BCUT2D eigenvalue weighted by atomic mass is 35.5. The number of hydrogen-bond acceptors (Lipinski definition) is 4. The first kappa shape index (κ1) is 23.1. The highest BCUT2D eigenvalue weighted by molar-refractivity contribution is 5.86. The van der Waals surface area contributed by atoms with Gasteiger partial charge in [0, 0.05) is 17.0 Å². The van der Waals surface area contributed by atoms with E-state index in [2.05, 4.69) is 11.4 Å². The van der Waals surface area contributed by atoms with Crippen molar-refractivity contribution in [1.82, 2.24) is 10.3 Å². The van der Waals surface area contributed by atoms with Crippen molar-refractivity contribution < 1.29 is 5.11 Å². The number of nitrogens with one attached hydrogen (secondary N) is 1. The van der Waals surface area contributed by atoms with E-state index in [1.165, 1.54) is 0 Å². The van der Waals surface area contributed by atoms with Crippen molar-refractivity contribution in [1.29, 1.82) is 5.26 Å². The molecule has 1 fully saturated rings. The van der Waals surface area contributed by atoms with Gasteiger partial charge >= 0.3 is 0 Å². The van der Waals surface area contributed by atoms with E-state index < -0.39 is 6.10 Å². The second kappa shape index (κ2) is 10.0. The summed E-state index contributed by atoms with van der Waals surface area (Å²) in [6, 6.07) is 18.0. The van der Waals surface area contributed by atoms with Crippen LogP contribution in [0.4, 0.5) is 0 Å². The summed E-state index contributed by atoms with van der Waals surface area (Å²) >= 11 is 0. The van der Waals surface area contributed by atoms with Crippen LogP contribution in [0, 0.1) is 18.3 Å². The lowest BCUT2D eigenvalue weighted by atomic mass is 9.91. The average Bonchev–Trinajstić information content (AvgIpc) is 2.73. The van der Waals surface area contributed by atoms with Gasteiger partial charge in [-0.15, -0.1) is 24.8 Å². The summed E-state index contributed by atoms with van der Waals surface area (Å²) in [7, 11) is 0. The Kier molecular flexibility index (Phi) is 8.01. The molecule has 0 aliphatic carbocycles. The third kappa shape index (κ3) is 4.71. The van der Waals surface area contributed by atoms with Gasteiger partial charge in [-0.25, -0.2) is 4.98 Å². The number of hydrogen-bond donors (Lipinski definition) is 2. The molecular formula is C23H25Cl2N3O. The Balaban J connectivity index is 0.00000150. The molecule has 152 valence electrons. The van der Waals surface area contributed by atoms with Crippen molar-refractivity contribution in [2.45, 2.75) is 38.3 Å². The molecular weight excluding hydrogens is 405 g/mol. The molecule has 2 heterocycles. The quantitative estimate of drug-likeness (QED) is 0.607. The topological polar surface area (TPSA) is 68.9 Å². The Morgan fingerprint density at radius 3 is 2.66 bits per heavy atom. The number of aromatic nitrogens is 1. The predicted octanol–water partition coefficient (Wildman–Crippen LogP) is 5.10. The summed E-state index contributed by atoms with van der Waals surface area (Å²) in [5.41, 5.74) is 5.04. The van der Waals surface area contributed by atoms with Crippen molar-refractivity contribution >= 4 is 35.7 Å². The van der Waals surface area contributed by atoms with Crippen LogP contribution in [-0.2, 0) is 0 Å². The van der Waals surface area contributed by atoms with Crippen molar-refractivity contribution in [2.75, 3.05) is 6.54 Å². The van der Waals surface area contributed by atoms with Gasteiger partial charge < -0.3 is 10.4 Å². The fraction of sp³-hybridized carbons (Fsp3) is 0.304. The summed E-state index contributed by atoms with van der Waals surface area (Å²) in [6.07, 6.45) is 2.67. The first-order chi connectivity index (χ1) is 13.2. The Morgan fingerprint density at radius 2 is 1.93 bits per heavy atom. The number of rotatable bonds is 3. The van der Waals surface area contributed by atoms with Gasteiger partial charge in [-0.1, -0.05) is 36.8 Å². The van der Waals surface area contributed by atoms with Crippen LogP contribution in [-0.4, -0.2) is 22.7 Å². The summed E-state index contributed by atoms with van der Waals surface area (Å²) in [6.45, 7) is 2.88. The summed E-state index contributed by atoms with van der Waals surface area (Å²) in [5, 5.41) is 24.9. The number of pyridine rings is 1. The minimum atomic E-state index is -0.585. The molecule has 2 N–H and O–H groups in total. The number of benzene rings is 2. The monoisotopic (exact) mass is 429 g/mol. The molecule has 1 aromatic heterocycles. The molecule has 3 aromatic rings. The zero-order valence-electron chi connectivity index (χ0n) is 16.3. The fourth-order valence-electron chi connectivity index (χ4n) is 3.86. The molecule has 0 bridgehead atoms. The SMILES string of the molecule is Cc1ccc(-c2cc([C@@H](O)[C@@H]3CCCCN3)c3ccccc3n2)cc1C#N.Cl.Cl. The number of halogens is 2. The molecule has 0 amide bonds.